The zero-order valence-corrected chi connectivity index (χ0v) is 16.1. The first-order chi connectivity index (χ1) is 14.5. The van der Waals surface area contributed by atoms with Gasteiger partial charge in [-0.15, -0.1) is 0 Å². The summed E-state index contributed by atoms with van der Waals surface area (Å²) in [6, 6.07) is 12.5. The third-order valence-corrected chi connectivity index (χ3v) is 5.15. The molecule has 0 fully saturated rings. The molecule has 0 bridgehead atoms. The quantitative estimate of drug-likeness (QED) is 0.490. The number of halogens is 1. The first kappa shape index (κ1) is 18.0. The molecule has 2 amide bonds. The first-order valence-corrected chi connectivity index (χ1v) is 9.14. The van der Waals surface area contributed by atoms with Crippen molar-refractivity contribution in [1.82, 2.24) is 14.8 Å². The molecule has 0 saturated carbocycles. The van der Waals surface area contributed by atoms with Crippen LogP contribution in [-0.4, -0.2) is 33.7 Å². The predicted molar refractivity (Wildman–Crippen MR) is 108 cm³/mol. The number of amides is 2. The van der Waals surface area contributed by atoms with Crippen LogP contribution in [0.3, 0.4) is 0 Å². The topological polar surface area (TPSA) is 77.3 Å². The Hall–Kier alpha value is -4.07. The Morgan fingerprint density at radius 3 is 2.33 bits per heavy atom. The number of fused-ring (bicyclic) bond motifs is 3. The Balaban J connectivity index is 1.71. The van der Waals surface area contributed by atoms with Crippen LogP contribution < -0.4 is 9.64 Å². The average Bonchev–Trinajstić information content (AvgIpc) is 3.23. The van der Waals surface area contributed by atoms with Gasteiger partial charge in [0.1, 0.15) is 17.3 Å². The standard InChI is InChI=1S/C22H15FN4O3/c1-26-20-18(19(25-26)12-3-5-13(23)6-4-12)17-16(11-24-20)21(28)27(22(17)29)14-7-9-15(30-2)10-8-14/h3-11H,1-2H3. The Kier molecular flexibility index (Phi) is 3.89. The second kappa shape index (κ2) is 6.48. The molecule has 3 heterocycles. The van der Waals surface area contributed by atoms with Crippen molar-refractivity contribution in [2.24, 2.45) is 7.05 Å². The molecule has 2 aromatic heterocycles. The van der Waals surface area contributed by atoms with Crippen LogP contribution in [0.5, 0.6) is 5.75 Å². The second-order valence-electron chi connectivity index (χ2n) is 6.87. The van der Waals surface area contributed by atoms with E-state index in [2.05, 4.69) is 10.1 Å². The lowest BCUT2D eigenvalue weighted by Crippen LogP contribution is -2.29. The van der Waals surface area contributed by atoms with Crippen molar-refractivity contribution in [2.45, 2.75) is 0 Å². The number of rotatable bonds is 3. The summed E-state index contributed by atoms with van der Waals surface area (Å²) < 4.78 is 20.1. The molecule has 148 valence electrons. The fraction of sp³-hybridized carbons (Fsp3) is 0.0909. The van der Waals surface area contributed by atoms with Crippen molar-refractivity contribution in [1.29, 1.82) is 0 Å². The summed E-state index contributed by atoms with van der Waals surface area (Å²) in [5, 5.41) is 4.95. The van der Waals surface area contributed by atoms with E-state index in [1.54, 1.807) is 55.2 Å². The lowest BCUT2D eigenvalue weighted by molar-refractivity contribution is 0.0926. The zero-order valence-electron chi connectivity index (χ0n) is 16.1. The SMILES string of the molecule is COc1ccc(N2C(=O)c3cnc4c(c(-c5ccc(F)cc5)nn4C)c3C2=O)cc1. The van der Waals surface area contributed by atoms with Gasteiger partial charge in [-0.25, -0.2) is 19.0 Å². The number of hydrogen-bond donors (Lipinski definition) is 0. The molecule has 0 atom stereocenters. The maximum absolute atomic E-state index is 13.4. The number of methoxy groups -OCH3 is 1. The smallest absolute Gasteiger partial charge is 0.267 e. The Labute approximate surface area is 170 Å². The van der Waals surface area contributed by atoms with Crippen LogP contribution in [0.25, 0.3) is 22.3 Å². The van der Waals surface area contributed by atoms with Crippen LogP contribution in [0.15, 0.2) is 54.7 Å². The molecule has 1 aliphatic rings. The molecule has 8 heteroatoms. The highest BCUT2D eigenvalue weighted by atomic mass is 19.1. The van der Waals surface area contributed by atoms with Crippen LogP contribution >= 0.6 is 0 Å². The van der Waals surface area contributed by atoms with E-state index in [0.717, 1.165) is 4.90 Å². The summed E-state index contributed by atoms with van der Waals surface area (Å²) in [5.74, 6) is -0.669. The van der Waals surface area contributed by atoms with Crippen molar-refractivity contribution in [2.75, 3.05) is 12.0 Å². The Bertz CT molecular complexity index is 1330. The van der Waals surface area contributed by atoms with E-state index in [9.17, 15) is 14.0 Å². The summed E-state index contributed by atoms with van der Waals surface area (Å²) in [5.41, 5.74) is 2.44. The summed E-state index contributed by atoms with van der Waals surface area (Å²) in [7, 11) is 3.25. The third-order valence-electron chi connectivity index (χ3n) is 5.15. The summed E-state index contributed by atoms with van der Waals surface area (Å²) in [4.78, 5) is 31.9. The molecule has 0 radical (unpaired) electrons. The van der Waals surface area contributed by atoms with E-state index < -0.39 is 11.8 Å². The molecular weight excluding hydrogens is 387 g/mol. The first-order valence-electron chi connectivity index (χ1n) is 9.14. The minimum Gasteiger partial charge on any atom is -0.497 e. The van der Waals surface area contributed by atoms with E-state index in [1.165, 1.54) is 18.3 Å². The number of carbonyl (C=O) groups is 2. The van der Waals surface area contributed by atoms with Crippen molar-refractivity contribution in [3.63, 3.8) is 0 Å². The van der Waals surface area contributed by atoms with Gasteiger partial charge in [-0.1, -0.05) is 0 Å². The molecule has 7 nitrogen and oxygen atoms in total. The maximum atomic E-state index is 13.4. The number of aromatic nitrogens is 3. The Morgan fingerprint density at radius 2 is 1.67 bits per heavy atom. The largest absolute Gasteiger partial charge is 0.497 e. The van der Waals surface area contributed by atoms with E-state index in [0.29, 0.717) is 33.7 Å². The molecule has 5 rings (SSSR count). The van der Waals surface area contributed by atoms with Gasteiger partial charge in [-0.05, 0) is 48.5 Å². The number of hydrogen-bond acceptors (Lipinski definition) is 5. The molecule has 0 unspecified atom stereocenters. The molecule has 4 aromatic rings. The van der Waals surface area contributed by atoms with Gasteiger partial charge < -0.3 is 4.74 Å². The Morgan fingerprint density at radius 1 is 0.967 bits per heavy atom. The number of ether oxygens (including phenoxy) is 1. The normalized spacial score (nSPS) is 13.2. The van der Waals surface area contributed by atoms with Crippen LogP contribution in [0.2, 0.25) is 0 Å². The highest BCUT2D eigenvalue weighted by Crippen LogP contribution is 2.37. The van der Waals surface area contributed by atoms with Gasteiger partial charge in [0.05, 0.1) is 29.3 Å². The van der Waals surface area contributed by atoms with E-state index >= 15 is 0 Å². The van der Waals surface area contributed by atoms with Crippen molar-refractivity contribution >= 4 is 28.5 Å². The maximum Gasteiger partial charge on any atom is 0.267 e. The minimum atomic E-state index is -0.455. The van der Waals surface area contributed by atoms with Crippen molar-refractivity contribution < 1.29 is 18.7 Å². The minimum absolute atomic E-state index is 0.208. The molecule has 30 heavy (non-hydrogen) atoms. The summed E-state index contributed by atoms with van der Waals surface area (Å²) in [6.45, 7) is 0. The second-order valence-corrected chi connectivity index (χ2v) is 6.87. The predicted octanol–water partition coefficient (Wildman–Crippen LogP) is 3.58. The lowest BCUT2D eigenvalue weighted by atomic mass is 10.0. The van der Waals surface area contributed by atoms with Gasteiger partial charge in [0, 0.05) is 18.8 Å². The number of carbonyl (C=O) groups excluding carboxylic acids is 2. The van der Waals surface area contributed by atoms with Gasteiger partial charge in [-0.2, -0.15) is 5.10 Å². The lowest BCUT2D eigenvalue weighted by Gasteiger charge is -2.14. The molecule has 2 aromatic carbocycles. The number of aryl methyl sites for hydroxylation is 1. The summed E-state index contributed by atoms with van der Waals surface area (Å²) in [6.07, 6.45) is 1.40. The van der Waals surface area contributed by atoms with Crippen molar-refractivity contribution in [3.05, 3.63) is 71.7 Å². The van der Waals surface area contributed by atoms with E-state index in [1.807, 2.05) is 0 Å². The fourth-order valence-corrected chi connectivity index (χ4v) is 3.70. The van der Waals surface area contributed by atoms with Crippen LogP contribution in [0.4, 0.5) is 10.1 Å². The highest BCUT2D eigenvalue weighted by molar-refractivity contribution is 6.38. The number of nitrogens with zero attached hydrogens (tertiary/aromatic N) is 4. The van der Waals surface area contributed by atoms with Gasteiger partial charge >= 0.3 is 0 Å². The van der Waals surface area contributed by atoms with Gasteiger partial charge in [0.2, 0.25) is 0 Å². The van der Waals surface area contributed by atoms with E-state index in [-0.39, 0.29) is 16.9 Å². The molecule has 1 aliphatic heterocycles. The molecule has 0 aliphatic carbocycles. The van der Waals surface area contributed by atoms with Crippen LogP contribution in [-0.2, 0) is 7.05 Å². The van der Waals surface area contributed by atoms with E-state index in [4.69, 9.17) is 4.74 Å². The average molecular weight is 402 g/mol. The van der Waals surface area contributed by atoms with Crippen LogP contribution in [0.1, 0.15) is 20.7 Å². The fourth-order valence-electron chi connectivity index (χ4n) is 3.70. The van der Waals surface area contributed by atoms with Gasteiger partial charge in [-0.3, -0.25) is 9.59 Å². The monoisotopic (exact) mass is 402 g/mol. The zero-order chi connectivity index (χ0) is 21.0. The molecule has 0 spiro atoms. The number of pyridine rings is 1. The van der Waals surface area contributed by atoms with Gasteiger partial charge in [0.25, 0.3) is 11.8 Å². The summed E-state index contributed by atoms with van der Waals surface area (Å²) >= 11 is 0. The number of anilines is 1. The van der Waals surface area contributed by atoms with Crippen LogP contribution in [0, 0.1) is 5.82 Å². The highest BCUT2D eigenvalue weighted by Gasteiger charge is 2.40. The van der Waals surface area contributed by atoms with Crippen molar-refractivity contribution in [3.8, 4) is 17.0 Å². The number of imide groups is 1. The molecule has 0 saturated heterocycles. The number of benzene rings is 2. The van der Waals surface area contributed by atoms with Gasteiger partial charge in [0.15, 0.2) is 5.65 Å². The third kappa shape index (κ3) is 2.50. The molecule has 0 N–H and O–H groups in total. The molecular formula is C22H15FN4O3.